The second kappa shape index (κ2) is 9.45. The summed E-state index contributed by atoms with van der Waals surface area (Å²) in [5.74, 6) is -0.326. The summed E-state index contributed by atoms with van der Waals surface area (Å²) < 4.78 is 10.1. The molecule has 1 amide bonds. The molecule has 0 unspecified atom stereocenters. The van der Waals surface area contributed by atoms with E-state index in [0.29, 0.717) is 18.7 Å². The summed E-state index contributed by atoms with van der Waals surface area (Å²) in [6, 6.07) is 15.2. The van der Waals surface area contributed by atoms with Gasteiger partial charge in [-0.15, -0.1) is 0 Å². The second-order valence-electron chi connectivity index (χ2n) is 7.44. The molecule has 6 heteroatoms. The lowest BCUT2D eigenvalue weighted by Gasteiger charge is -2.42. The minimum Gasteiger partial charge on any atom is -0.504 e. The number of phenols is 1. The molecule has 1 aliphatic carbocycles. The van der Waals surface area contributed by atoms with Gasteiger partial charge in [-0.05, 0) is 42.5 Å². The third kappa shape index (κ3) is 5.28. The van der Waals surface area contributed by atoms with Crippen LogP contribution < -0.4 is 10.1 Å². The number of aryl methyl sites for hydroxylation is 1. The van der Waals surface area contributed by atoms with Gasteiger partial charge in [0.05, 0.1) is 7.11 Å². The van der Waals surface area contributed by atoms with Gasteiger partial charge in [-0.25, -0.2) is 0 Å². The number of hydrogen-bond acceptors (Lipinski definition) is 5. The molecule has 0 spiro atoms. The van der Waals surface area contributed by atoms with Crippen molar-refractivity contribution in [1.82, 2.24) is 5.32 Å². The first-order chi connectivity index (χ1) is 14.0. The van der Waals surface area contributed by atoms with E-state index in [1.165, 1.54) is 12.7 Å². The molecule has 0 atom stereocenters. The molecule has 0 heterocycles. The van der Waals surface area contributed by atoms with Crippen molar-refractivity contribution in [3.63, 3.8) is 0 Å². The number of hydrogen-bond donors (Lipinski definition) is 2. The molecule has 29 heavy (non-hydrogen) atoms. The average molecular weight is 397 g/mol. The van der Waals surface area contributed by atoms with Crippen molar-refractivity contribution < 1.29 is 24.2 Å². The Morgan fingerprint density at radius 2 is 1.90 bits per heavy atom. The maximum absolute atomic E-state index is 12.1. The second-order valence-corrected chi connectivity index (χ2v) is 7.44. The summed E-state index contributed by atoms with van der Waals surface area (Å²) in [7, 11) is 1.48. The van der Waals surface area contributed by atoms with Crippen LogP contribution in [0.3, 0.4) is 0 Å². The molecule has 0 radical (unpaired) electrons. The molecule has 0 aliphatic heterocycles. The highest BCUT2D eigenvalue weighted by atomic mass is 16.5. The van der Waals surface area contributed by atoms with E-state index >= 15 is 0 Å². The van der Waals surface area contributed by atoms with Gasteiger partial charge in [-0.1, -0.05) is 42.8 Å². The Balaban J connectivity index is 1.40. The molecule has 2 aromatic rings. The van der Waals surface area contributed by atoms with Crippen molar-refractivity contribution >= 4 is 11.9 Å². The fraction of sp³-hybridized carbons (Fsp3) is 0.391. The van der Waals surface area contributed by atoms with Gasteiger partial charge in [0.15, 0.2) is 18.1 Å². The zero-order chi connectivity index (χ0) is 20.7. The van der Waals surface area contributed by atoms with Gasteiger partial charge >= 0.3 is 5.97 Å². The SMILES string of the molecule is COc1ccc(CCC(=O)OCC(=O)NCC2(c3ccccc3)CCC2)cc1O. The zero-order valence-electron chi connectivity index (χ0n) is 16.6. The third-order valence-electron chi connectivity index (χ3n) is 5.55. The van der Waals surface area contributed by atoms with Crippen LogP contribution in [0, 0.1) is 0 Å². The smallest absolute Gasteiger partial charge is 0.306 e. The van der Waals surface area contributed by atoms with Crippen molar-refractivity contribution in [2.24, 2.45) is 0 Å². The first-order valence-electron chi connectivity index (χ1n) is 9.86. The average Bonchev–Trinajstić information content (AvgIpc) is 2.71. The number of amides is 1. The minimum atomic E-state index is -0.447. The van der Waals surface area contributed by atoms with Crippen LogP contribution in [0.5, 0.6) is 11.5 Å². The summed E-state index contributed by atoms with van der Waals surface area (Å²) in [6.07, 6.45) is 3.79. The monoisotopic (exact) mass is 397 g/mol. The Morgan fingerprint density at radius 1 is 1.14 bits per heavy atom. The number of carbonyl (C=O) groups is 2. The molecule has 0 saturated heterocycles. The number of carbonyl (C=O) groups excluding carboxylic acids is 2. The largest absolute Gasteiger partial charge is 0.504 e. The summed E-state index contributed by atoms with van der Waals surface area (Å²) >= 11 is 0. The maximum Gasteiger partial charge on any atom is 0.306 e. The highest BCUT2D eigenvalue weighted by molar-refractivity contribution is 5.80. The summed E-state index contributed by atoms with van der Waals surface area (Å²) in [4.78, 5) is 24.0. The number of methoxy groups -OCH3 is 1. The van der Waals surface area contributed by atoms with Gasteiger partial charge in [-0.3, -0.25) is 9.59 Å². The molecule has 154 valence electrons. The normalized spacial score (nSPS) is 14.5. The predicted octanol–water partition coefficient (Wildman–Crippen LogP) is 3.11. The number of phenolic OH excluding ortho intramolecular Hbond substituents is 1. The van der Waals surface area contributed by atoms with E-state index in [9.17, 15) is 14.7 Å². The number of esters is 1. The van der Waals surface area contributed by atoms with Crippen molar-refractivity contribution in [3.05, 3.63) is 59.7 Å². The number of nitrogens with one attached hydrogen (secondary N) is 1. The fourth-order valence-corrected chi connectivity index (χ4v) is 3.64. The Bertz CT molecular complexity index is 846. The van der Waals surface area contributed by atoms with Crippen molar-refractivity contribution in [2.75, 3.05) is 20.3 Å². The molecule has 0 aromatic heterocycles. The van der Waals surface area contributed by atoms with Gasteiger partial charge in [0, 0.05) is 18.4 Å². The molecule has 2 aromatic carbocycles. The highest BCUT2D eigenvalue weighted by Crippen LogP contribution is 2.43. The van der Waals surface area contributed by atoms with Crippen LogP contribution in [-0.2, 0) is 26.2 Å². The fourth-order valence-electron chi connectivity index (χ4n) is 3.64. The molecule has 1 fully saturated rings. The van der Waals surface area contributed by atoms with E-state index in [4.69, 9.17) is 9.47 Å². The Kier molecular flexibility index (Phi) is 6.75. The summed E-state index contributed by atoms with van der Waals surface area (Å²) in [6.45, 7) is 0.274. The molecule has 1 aliphatic rings. The Hall–Kier alpha value is -3.02. The van der Waals surface area contributed by atoms with Gasteiger partial charge < -0.3 is 19.9 Å². The molecule has 2 N–H and O–H groups in total. The van der Waals surface area contributed by atoms with Crippen LogP contribution in [0.4, 0.5) is 0 Å². The Labute approximate surface area is 170 Å². The molecule has 6 nitrogen and oxygen atoms in total. The van der Waals surface area contributed by atoms with E-state index in [1.54, 1.807) is 18.2 Å². The van der Waals surface area contributed by atoms with Crippen molar-refractivity contribution in [2.45, 2.75) is 37.5 Å². The lowest BCUT2D eigenvalue weighted by Crippen LogP contribution is -2.46. The van der Waals surface area contributed by atoms with E-state index in [2.05, 4.69) is 17.4 Å². The van der Waals surface area contributed by atoms with Crippen LogP contribution in [0.15, 0.2) is 48.5 Å². The van der Waals surface area contributed by atoms with Crippen molar-refractivity contribution in [3.8, 4) is 11.5 Å². The quantitative estimate of drug-likeness (QED) is 0.635. The maximum atomic E-state index is 12.1. The highest BCUT2D eigenvalue weighted by Gasteiger charge is 2.38. The van der Waals surface area contributed by atoms with Gasteiger partial charge in [0.2, 0.25) is 0 Å². The molecule has 1 saturated carbocycles. The van der Waals surface area contributed by atoms with Gasteiger partial charge in [-0.2, -0.15) is 0 Å². The van der Waals surface area contributed by atoms with Gasteiger partial charge in [0.25, 0.3) is 5.91 Å². The first kappa shape index (κ1) is 20.7. The Morgan fingerprint density at radius 3 is 2.52 bits per heavy atom. The number of benzene rings is 2. The molecule has 3 rings (SSSR count). The van der Waals surface area contributed by atoms with Crippen LogP contribution in [0.25, 0.3) is 0 Å². The van der Waals surface area contributed by atoms with Crippen LogP contribution >= 0.6 is 0 Å². The predicted molar refractivity (Wildman–Crippen MR) is 109 cm³/mol. The third-order valence-corrected chi connectivity index (χ3v) is 5.55. The number of rotatable bonds is 9. The number of ether oxygens (including phenoxy) is 2. The minimum absolute atomic E-state index is 0.00268. The molecular formula is C23H27NO5. The summed E-state index contributed by atoms with van der Waals surface area (Å²) in [5.41, 5.74) is 2.03. The lowest BCUT2D eigenvalue weighted by molar-refractivity contribution is -0.148. The summed E-state index contributed by atoms with van der Waals surface area (Å²) in [5, 5.41) is 12.7. The molecule has 0 bridgehead atoms. The zero-order valence-corrected chi connectivity index (χ0v) is 16.6. The standard InChI is InChI=1S/C23H27NO5/c1-28-20-10-8-17(14-19(20)25)9-11-22(27)29-15-21(26)24-16-23(12-5-13-23)18-6-3-2-4-7-18/h2-4,6-8,10,14,25H,5,9,11-13,15-16H2,1H3,(H,24,26). The van der Waals surface area contributed by atoms with Crippen LogP contribution in [0.1, 0.15) is 36.8 Å². The van der Waals surface area contributed by atoms with Crippen LogP contribution in [-0.4, -0.2) is 37.2 Å². The molecular weight excluding hydrogens is 370 g/mol. The van der Waals surface area contributed by atoms with E-state index in [-0.39, 0.29) is 30.1 Å². The van der Waals surface area contributed by atoms with E-state index in [1.807, 2.05) is 18.2 Å². The van der Waals surface area contributed by atoms with E-state index < -0.39 is 5.97 Å². The van der Waals surface area contributed by atoms with Crippen molar-refractivity contribution in [1.29, 1.82) is 0 Å². The lowest BCUT2D eigenvalue weighted by atomic mass is 9.64. The van der Waals surface area contributed by atoms with Crippen LogP contribution in [0.2, 0.25) is 0 Å². The first-order valence-corrected chi connectivity index (χ1v) is 9.86. The van der Waals surface area contributed by atoms with E-state index in [0.717, 1.165) is 24.8 Å². The van der Waals surface area contributed by atoms with Gasteiger partial charge in [0.1, 0.15) is 0 Å². The number of aromatic hydroxyl groups is 1. The topological polar surface area (TPSA) is 84.9 Å².